The molecule has 3 fully saturated rings. The summed E-state index contributed by atoms with van der Waals surface area (Å²) in [5, 5.41) is 0. The number of ketones is 2. The monoisotopic (exact) mass is 344 g/mol. The molecule has 4 aliphatic carbocycles. The standard InChI is InChI=1S/C21H28O4/c1-12(22)25-19-5-4-15-14-11-18(24)17-10-13(23)6-8-20(17,2)16(14)7-9-21(15,19)3/h10,14-16,19H,4-9,11H2,1-3H3/t14-,15-,16+,19?,20+,21-/m0/s1. The molecule has 0 aromatic carbocycles. The molecule has 0 aromatic heterocycles. The second kappa shape index (κ2) is 5.52. The van der Waals surface area contributed by atoms with Crippen LogP contribution in [0.25, 0.3) is 0 Å². The molecule has 3 saturated carbocycles. The lowest BCUT2D eigenvalue weighted by Crippen LogP contribution is -2.53. The summed E-state index contributed by atoms with van der Waals surface area (Å²) >= 11 is 0. The Morgan fingerprint density at radius 2 is 1.88 bits per heavy atom. The van der Waals surface area contributed by atoms with E-state index in [0.29, 0.717) is 30.6 Å². The van der Waals surface area contributed by atoms with Gasteiger partial charge in [-0.1, -0.05) is 13.8 Å². The first-order chi connectivity index (χ1) is 11.8. The van der Waals surface area contributed by atoms with E-state index in [1.807, 2.05) is 0 Å². The average molecular weight is 344 g/mol. The number of carbonyl (C=O) groups excluding carboxylic acids is 3. The van der Waals surface area contributed by atoms with E-state index in [1.54, 1.807) is 6.08 Å². The Morgan fingerprint density at radius 3 is 2.60 bits per heavy atom. The SMILES string of the molecule is CC(=O)OC1CC[C@H]2[C@@H]3CC(=O)C4=CC(=O)CC[C@]4(C)[C@@H]3CC[C@]12C. The Hall–Kier alpha value is -1.45. The number of Topliss-reactive ketones (excluding diaryl/α,β-unsaturated/α-hetero) is 1. The number of fused-ring (bicyclic) bond motifs is 5. The molecular formula is C21H28O4. The topological polar surface area (TPSA) is 60.4 Å². The van der Waals surface area contributed by atoms with Crippen molar-refractivity contribution in [3.05, 3.63) is 11.6 Å². The molecule has 25 heavy (non-hydrogen) atoms. The number of carbonyl (C=O) groups is 3. The van der Waals surface area contributed by atoms with Gasteiger partial charge in [-0.15, -0.1) is 0 Å². The van der Waals surface area contributed by atoms with Crippen LogP contribution >= 0.6 is 0 Å². The van der Waals surface area contributed by atoms with Gasteiger partial charge in [0.2, 0.25) is 0 Å². The molecule has 1 unspecified atom stereocenters. The first-order valence-corrected chi connectivity index (χ1v) is 9.71. The molecule has 0 N–H and O–H groups in total. The quantitative estimate of drug-likeness (QED) is 0.682. The van der Waals surface area contributed by atoms with Gasteiger partial charge >= 0.3 is 5.97 Å². The molecule has 0 radical (unpaired) electrons. The second-order valence-electron chi connectivity index (χ2n) is 9.17. The minimum atomic E-state index is -0.198. The third-order valence-corrected chi connectivity index (χ3v) is 8.01. The van der Waals surface area contributed by atoms with Crippen LogP contribution in [0.1, 0.15) is 65.7 Å². The van der Waals surface area contributed by atoms with Crippen molar-refractivity contribution in [1.82, 2.24) is 0 Å². The smallest absolute Gasteiger partial charge is 0.302 e. The molecular weight excluding hydrogens is 316 g/mol. The molecule has 4 aliphatic rings. The molecule has 0 saturated heterocycles. The average Bonchev–Trinajstić information content (AvgIpc) is 2.86. The van der Waals surface area contributed by atoms with E-state index in [0.717, 1.165) is 37.7 Å². The maximum atomic E-state index is 12.9. The van der Waals surface area contributed by atoms with Crippen molar-refractivity contribution >= 4 is 17.5 Å². The van der Waals surface area contributed by atoms with Gasteiger partial charge in [-0.05, 0) is 61.3 Å². The molecule has 0 aliphatic heterocycles. The van der Waals surface area contributed by atoms with Crippen LogP contribution in [0.15, 0.2) is 11.6 Å². The molecule has 4 rings (SSSR count). The summed E-state index contributed by atoms with van der Waals surface area (Å²) in [7, 11) is 0. The Balaban J connectivity index is 1.67. The molecule has 0 aromatic rings. The third kappa shape index (κ3) is 2.36. The van der Waals surface area contributed by atoms with E-state index in [1.165, 1.54) is 6.92 Å². The number of allylic oxidation sites excluding steroid dienone is 1. The lowest BCUT2D eigenvalue weighted by atomic mass is 9.47. The molecule has 4 heteroatoms. The van der Waals surface area contributed by atoms with Crippen LogP contribution in [-0.2, 0) is 19.1 Å². The van der Waals surface area contributed by atoms with Crippen molar-refractivity contribution < 1.29 is 19.1 Å². The van der Waals surface area contributed by atoms with Crippen LogP contribution in [0.5, 0.6) is 0 Å². The molecule has 0 heterocycles. The van der Waals surface area contributed by atoms with Crippen LogP contribution in [0.4, 0.5) is 0 Å². The Bertz CT molecular complexity index is 677. The van der Waals surface area contributed by atoms with Crippen LogP contribution in [-0.4, -0.2) is 23.6 Å². The molecule has 0 spiro atoms. The fourth-order valence-corrected chi connectivity index (χ4v) is 6.73. The van der Waals surface area contributed by atoms with Crippen molar-refractivity contribution in [2.75, 3.05) is 0 Å². The first kappa shape index (κ1) is 17.0. The molecule has 6 atom stereocenters. The lowest BCUT2D eigenvalue weighted by molar-refractivity contribution is -0.158. The Morgan fingerprint density at radius 1 is 1.12 bits per heavy atom. The normalized spacial score (nSPS) is 46.0. The fourth-order valence-electron chi connectivity index (χ4n) is 6.73. The maximum Gasteiger partial charge on any atom is 0.302 e. The van der Waals surface area contributed by atoms with E-state index in [-0.39, 0.29) is 34.5 Å². The van der Waals surface area contributed by atoms with Gasteiger partial charge in [0.1, 0.15) is 6.10 Å². The van der Waals surface area contributed by atoms with Crippen LogP contribution in [0, 0.1) is 28.6 Å². The summed E-state index contributed by atoms with van der Waals surface area (Å²) in [6.45, 7) is 5.96. The zero-order valence-corrected chi connectivity index (χ0v) is 15.5. The molecule has 4 nitrogen and oxygen atoms in total. The highest BCUT2D eigenvalue weighted by Crippen LogP contribution is 2.64. The van der Waals surface area contributed by atoms with Gasteiger partial charge in [-0.3, -0.25) is 14.4 Å². The van der Waals surface area contributed by atoms with E-state index in [4.69, 9.17) is 4.74 Å². The van der Waals surface area contributed by atoms with Gasteiger partial charge in [0.25, 0.3) is 0 Å². The Labute approximate surface area is 149 Å². The van der Waals surface area contributed by atoms with Crippen molar-refractivity contribution in [3.8, 4) is 0 Å². The van der Waals surface area contributed by atoms with E-state index in [9.17, 15) is 14.4 Å². The zero-order valence-electron chi connectivity index (χ0n) is 15.5. The van der Waals surface area contributed by atoms with Crippen LogP contribution in [0.3, 0.4) is 0 Å². The van der Waals surface area contributed by atoms with E-state index in [2.05, 4.69) is 13.8 Å². The predicted molar refractivity (Wildman–Crippen MR) is 92.7 cm³/mol. The summed E-state index contributed by atoms with van der Waals surface area (Å²) in [5.74, 6) is 1.36. The van der Waals surface area contributed by atoms with Gasteiger partial charge in [-0.25, -0.2) is 0 Å². The van der Waals surface area contributed by atoms with Crippen molar-refractivity contribution in [2.45, 2.75) is 71.8 Å². The number of hydrogen-bond donors (Lipinski definition) is 0. The first-order valence-electron chi connectivity index (χ1n) is 9.71. The predicted octanol–water partition coefficient (Wildman–Crippen LogP) is 3.63. The van der Waals surface area contributed by atoms with Crippen molar-refractivity contribution in [2.24, 2.45) is 28.6 Å². The van der Waals surface area contributed by atoms with Gasteiger partial charge < -0.3 is 4.74 Å². The minimum Gasteiger partial charge on any atom is -0.462 e. The third-order valence-electron chi connectivity index (χ3n) is 8.01. The van der Waals surface area contributed by atoms with Gasteiger partial charge in [0.05, 0.1) is 0 Å². The number of rotatable bonds is 1. The maximum absolute atomic E-state index is 12.9. The highest BCUT2D eigenvalue weighted by atomic mass is 16.5. The largest absolute Gasteiger partial charge is 0.462 e. The van der Waals surface area contributed by atoms with Crippen LogP contribution in [0.2, 0.25) is 0 Å². The van der Waals surface area contributed by atoms with E-state index >= 15 is 0 Å². The van der Waals surface area contributed by atoms with E-state index < -0.39 is 0 Å². The van der Waals surface area contributed by atoms with Crippen molar-refractivity contribution in [1.29, 1.82) is 0 Å². The number of hydrogen-bond acceptors (Lipinski definition) is 4. The minimum absolute atomic E-state index is 0.00478. The summed E-state index contributed by atoms with van der Waals surface area (Å²) in [4.78, 5) is 36.3. The second-order valence-corrected chi connectivity index (χ2v) is 9.17. The lowest BCUT2D eigenvalue weighted by Gasteiger charge is -2.57. The van der Waals surface area contributed by atoms with Gasteiger partial charge in [-0.2, -0.15) is 0 Å². The van der Waals surface area contributed by atoms with Gasteiger partial charge in [0, 0.05) is 30.8 Å². The van der Waals surface area contributed by atoms with Gasteiger partial charge in [0.15, 0.2) is 11.6 Å². The molecule has 136 valence electrons. The number of ether oxygens (including phenoxy) is 1. The summed E-state index contributed by atoms with van der Waals surface area (Å²) in [5.41, 5.74) is 0.646. The van der Waals surface area contributed by atoms with Crippen LogP contribution < -0.4 is 0 Å². The summed E-state index contributed by atoms with van der Waals surface area (Å²) in [6, 6.07) is 0. The zero-order chi connectivity index (χ0) is 18.0. The highest BCUT2D eigenvalue weighted by molar-refractivity contribution is 6.05. The molecule has 0 amide bonds. The summed E-state index contributed by atoms with van der Waals surface area (Å²) in [6.07, 6.45) is 7.62. The number of esters is 1. The Kier molecular flexibility index (Phi) is 3.75. The highest BCUT2D eigenvalue weighted by Gasteiger charge is 2.61. The molecule has 0 bridgehead atoms. The van der Waals surface area contributed by atoms with Crippen molar-refractivity contribution in [3.63, 3.8) is 0 Å². The fraction of sp³-hybridized carbons (Fsp3) is 0.762. The summed E-state index contributed by atoms with van der Waals surface area (Å²) < 4.78 is 5.66.